The highest BCUT2D eigenvalue weighted by atomic mass is 16.5. The number of aromatic nitrogens is 2. The van der Waals surface area contributed by atoms with Gasteiger partial charge in [-0.2, -0.15) is 5.10 Å². The van der Waals surface area contributed by atoms with Gasteiger partial charge >= 0.3 is 0 Å². The lowest BCUT2D eigenvalue weighted by Crippen LogP contribution is -2.32. The zero-order valence-corrected chi connectivity index (χ0v) is 18.4. The number of nitrogens with zero attached hydrogens (tertiary/aromatic N) is 3. The summed E-state index contributed by atoms with van der Waals surface area (Å²) < 4.78 is 13.6. The predicted molar refractivity (Wildman–Crippen MR) is 123 cm³/mol. The van der Waals surface area contributed by atoms with E-state index in [2.05, 4.69) is 5.10 Å². The Bertz CT molecular complexity index is 1200. The van der Waals surface area contributed by atoms with Gasteiger partial charge in [-0.3, -0.25) is 14.3 Å². The van der Waals surface area contributed by atoms with E-state index >= 15 is 0 Å². The summed E-state index contributed by atoms with van der Waals surface area (Å²) in [6, 6.07) is 19.2. The average molecular weight is 444 g/mol. The van der Waals surface area contributed by atoms with Gasteiger partial charge in [-0.25, -0.2) is 0 Å². The Labute approximate surface area is 192 Å². The van der Waals surface area contributed by atoms with Crippen LogP contribution in [0.25, 0.3) is 0 Å². The molecule has 1 amide bonds. The molecule has 7 nitrogen and oxygen atoms in total. The highest BCUT2D eigenvalue weighted by Gasteiger charge is 2.28. The van der Waals surface area contributed by atoms with Crippen LogP contribution in [0, 0.1) is 5.92 Å². The number of hydrogen-bond acceptors (Lipinski definition) is 5. The number of fused-ring (bicyclic) bond motifs is 2. The van der Waals surface area contributed by atoms with Crippen LogP contribution in [0.15, 0.2) is 72.8 Å². The molecular weight excluding hydrogens is 418 g/mol. The number of rotatable bonds is 5. The third kappa shape index (κ3) is 4.19. The lowest BCUT2D eigenvalue weighted by molar-refractivity contribution is -0.121. The van der Waals surface area contributed by atoms with E-state index in [4.69, 9.17) is 9.47 Å². The van der Waals surface area contributed by atoms with Crippen LogP contribution in [0.3, 0.4) is 0 Å². The molecule has 1 aromatic heterocycles. The highest BCUT2D eigenvalue weighted by Crippen LogP contribution is 2.32. The normalized spacial score (nSPS) is 20.2. The zero-order valence-electron chi connectivity index (χ0n) is 18.4. The molecule has 2 aliphatic heterocycles. The van der Waals surface area contributed by atoms with Gasteiger partial charge in [-0.05, 0) is 23.8 Å². The lowest BCUT2D eigenvalue weighted by atomic mass is 10.0. The van der Waals surface area contributed by atoms with Crippen LogP contribution in [-0.2, 0) is 16.1 Å². The summed E-state index contributed by atoms with van der Waals surface area (Å²) in [7, 11) is 1.74. The second-order valence-electron chi connectivity index (χ2n) is 8.18. The number of allylic oxidation sites excluding steroid dienone is 1. The summed E-state index contributed by atoms with van der Waals surface area (Å²) in [5.74, 6) is 0.0583. The van der Waals surface area contributed by atoms with Crippen LogP contribution >= 0.6 is 0 Å². The maximum atomic E-state index is 12.8. The molecule has 2 aliphatic rings. The first-order chi connectivity index (χ1) is 16.1. The van der Waals surface area contributed by atoms with Crippen molar-refractivity contribution >= 4 is 17.4 Å². The van der Waals surface area contributed by atoms with Gasteiger partial charge in [-0.15, -0.1) is 0 Å². The topological polar surface area (TPSA) is 73.7 Å². The highest BCUT2D eigenvalue weighted by molar-refractivity contribution is 5.98. The SMILES string of the molecule is CN1C(=O)[C@@H](/C=C/CC(=O)c2cc3n(n2)CCO[C@H]3c2ccccc2)COc2ccccc21. The molecule has 3 aromatic rings. The van der Waals surface area contributed by atoms with Crippen molar-refractivity contribution in [1.29, 1.82) is 0 Å². The number of ketones is 1. The van der Waals surface area contributed by atoms with Gasteiger partial charge in [0.25, 0.3) is 0 Å². The Morgan fingerprint density at radius 1 is 1.15 bits per heavy atom. The molecule has 0 spiro atoms. The molecule has 2 aromatic carbocycles. The van der Waals surface area contributed by atoms with Gasteiger partial charge in [0.1, 0.15) is 24.2 Å². The van der Waals surface area contributed by atoms with Gasteiger partial charge in [0, 0.05) is 13.5 Å². The van der Waals surface area contributed by atoms with Crippen LogP contribution in [-0.4, -0.2) is 41.7 Å². The van der Waals surface area contributed by atoms with Gasteiger partial charge in [0.15, 0.2) is 5.78 Å². The monoisotopic (exact) mass is 443 g/mol. The minimum absolute atomic E-state index is 0.0658. The third-order valence-electron chi connectivity index (χ3n) is 6.02. The quantitative estimate of drug-likeness (QED) is 0.443. The molecule has 0 fully saturated rings. The Morgan fingerprint density at radius 2 is 1.94 bits per heavy atom. The average Bonchev–Trinajstić information content (AvgIpc) is 3.26. The smallest absolute Gasteiger partial charge is 0.237 e. The van der Waals surface area contributed by atoms with E-state index in [-0.39, 0.29) is 30.8 Å². The predicted octanol–water partition coefficient (Wildman–Crippen LogP) is 3.80. The molecule has 5 rings (SSSR count). The van der Waals surface area contributed by atoms with E-state index in [0.29, 0.717) is 24.6 Å². The van der Waals surface area contributed by atoms with Gasteiger partial charge in [0.2, 0.25) is 5.91 Å². The fraction of sp³-hybridized carbons (Fsp3) is 0.269. The van der Waals surface area contributed by atoms with Crippen molar-refractivity contribution in [3.8, 4) is 5.75 Å². The zero-order chi connectivity index (χ0) is 22.8. The second-order valence-corrected chi connectivity index (χ2v) is 8.18. The second kappa shape index (κ2) is 9.03. The standard InChI is InChI=1S/C26H25N3O4/c1-28-21-11-5-6-13-24(21)33-17-19(26(28)31)10-7-12-23(30)20-16-22-25(18-8-3-2-4-9-18)32-15-14-29(22)27-20/h2-11,13,16,19,25H,12,14-15,17H2,1H3/b10-7+/t19-,25-/m0/s1. The third-order valence-corrected chi connectivity index (χ3v) is 6.02. The maximum absolute atomic E-state index is 12.8. The molecule has 0 N–H and O–H groups in total. The Hall–Kier alpha value is -3.71. The van der Waals surface area contributed by atoms with Crippen LogP contribution in [0.2, 0.25) is 0 Å². The Morgan fingerprint density at radius 3 is 2.79 bits per heavy atom. The lowest BCUT2D eigenvalue weighted by Gasteiger charge is -2.24. The summed E-state index contributed by atoms with van der Waals surface area (Å²) >= 11 is 0. The van der Waals surface area contributed by atoms with Crippen LogP contribution < -0.4 is 9.64 Å². The number of benzene rings is 2. The number of Topliss-reactive ketones (excluding diaryl/α,β-unsaturated/α-hetero) is 1. The number of hydrogen-bond donors (Lipinski definition) is 0. The number of amides is 1. The van der Waals surface area contributed by atoms with Crippen molar-refractivity contribution in [3.05, 3.63) is 89.8 Å². The largest absolute Gasteiger partial charge is 0.490 e. The number of ether oxygens (including phenoxy) is 2. The molecule has 0 aliphatic carbocycles. The van der Waals surface area contributed by atoms with Crippen molar-refractivity contribution in [2.24, 2.45) is 5.92 Å². The molecule has 0 saturated carbocycles. The minimum Gasteiger partial charge on any atom is -0.490 e. The van der Waals surface area contributed by atoms with Crippen LogP contribution in [0.4, 0.5) is 5.69 Å². The molecule has 3 heterocycles. The molecule has 0 bridgehead atoms. The molecule has 7 heteroatoms. The molecule has 2 atom stereocenters. The first-order valence-corrected chi connectivity index (χ1v) is 11.1. The summed E-state index contributed by atoms with van der Waals surface area (Å²) in [5.41, 5.74) is 3.07. The molecule has 168 valence electrons. The van der Waals surface area contributed by atoms with E-state index in [1.165, 1.54) is 0 Å². The van der Waals surface area contributed by atoms with E-state index in [0.717, 1.165) is 16.9 Å². The summed E-state index contributed by atoms with van der Waals surface area (Å²) in [4.78, 5) is 27.3. The van der Waals surface area contributed by atoms with Gasteiger partial charge in [0.05, 0.1) is 30.5 Å². The van der Waals surface area contributed by atoms with Crippen LogP contribution in [0.1, 0.15) is 34.3 Å². The van der Waals surface area contributed by atoms with E-state index in [9.17, 15) is 9.59 Å². The van der Waals surface area contributed by atoms with E-state index in [1.807, 2.05) is 65.3 Å². The van der Waals surface area contributed by atoms with E-state index in [1.54, 1.807) is 24.1 Å². The molecular formula is C26H25N3O4. The molecule has 33 heavy (non-hydrogen) atoms. The van der Waals surface area contributed by atoms with Crippen molar-refractivity contribution in [3.63, 3.8) is 0 Å². The first-order valence-electron chi connectivity index (χ1n) is 11.1. The number of para-hydroxylation sites is 2. The molecule has 0 unspecified atom stereocenters. The maximum Gasteiger partial charge on any atom is 0.237 e. The summed E-state index contributed by atoms with van der Waals surface area (Å²) in [5, 5.41) is 4.51. The van der Waals surface area contributed by atoms with Gasteiger partial charge < -0.3 is 14.4 Å². The fourth-order valence-corrected chi connectivity index (χ4v) is 4.25. The Kier molecular flexibility index (Phi) is 5.79. The number of carbonyl (C=O) groups excluding carboxylic acids is 2. The molecule has 0 radical (unpaired) electrons. The van der Waals surface area contributed by atoms with Crippen molar-refractivity contribution in [1.82, 2.24) is 9.78 Å². The number of anilines is 1. The van der Waals surface area contributed by atoms with Crippen molar-refractivity contribution in [2.75, 3.05) is 25.2 Å². The minimum atomic E-state index is -0.457. The van der Waals surface area contributed by atoms with Crippen molar-refractivity contribution < 1.29 is 19.1 Å². The molecule has 0 saturated heterocycles. The van der Waals surface area contributed by atoms with Crippen molar-refractivity contribution in [2.45, 2.75) is 19.1 Å². The Balaban J connectivity index is 1.27. The fourth-order valence-electron chi connectivity index (χ4n) is 4.25. The first kappa shape index (κ1) is 21.2. The number of carbonyl (C=O) groups is 2. The van der Waals surface area contributed by atoms with E-state index < -0.39 is 5.92 Å². The van der Waals surface area contributed by atoms with Crippen LogP contribution in [0.5, 0.6) is 5.75 Å². The summed E-state index contributed by atoms with van der Waals surface area (Å²) in [6.45, 7) is 1.39. The summed E-state index contributed by atoms with van der Waals surface area (Å²) in [6.07, 6.45) is 3.42. The van der Waals surface area contributed by atoms with Gasteiger partial charge in [-0.1, -0.05) is 54.6 Å².